The predicted molar refractivity (Wildman–Crippen MR) is 97.5 cm³/mol. The van der Waals surface area contributed by atoms with E-state index in [0.717, 1.165) is 18.4 Å². The monoisotopic (exact) mass is 374 g/mol. The molecule has 2 aromatic rings. The Labute approximate surface area is 157 Å². The number of rotatable bonds is 10. The molecule has 0 amide bonds. The van der Waals surface area contributed by atoms with E-state index in [2.05, 4.69) is 0 Å². The average Bonchev–Trinajstić information content (AvgIpc) is 3.50. The van der Waals surface area contributed by atoms with Gasteiger partial charge in [-0.2, -0.15) is 0 Å². The molecular formula is C21H23FO5. The third kappa shape index (κ3) is 5.69. The minimum absolute atomic E-state index is 0.0851. The molecule has 2 unspecified atom stereocenters. The number of carboxylic acid groups (broad SMARTS) is 1. The predicted octanol–water partition coefficient (Wildman–Crippen LogP) is 4.22. The van der Waals surface area contributed by atoms with Crippen LogP contribution in [0.2, 0.25) is 0 Å². The van der Waals surface area contributed by atoms with Gasteiger partial charge in [-0.15, -0.1) is 0 Å². The van der Waals surface area contributed by atoms with E-state index in [0.29, 0.717) is 24.0 Å². The molecule has 0 aliphatic heterocycles. The molecule has 0 spiro atoms. The summed E-state index contributed by atoms with van der Waals surface area (Å²) < 4.78 is 30.0. The second kappa shape index (κ2) is 8.86. The number of halogens is 1. The minimum Gasteiger partial charge on any atom is -0.490 e. The Morgan fingerprint density at radius 1 is 1.11 bits per heavy atom. The third-order valence-electron chi connectivity index (χ3n) is 4.56. The van der Waals surface area contributed by atoms with Crippen LogP contribution in [0.3, 0.4) is 0 Å². The fraction of sp³-hybridized carbons (Fsp3) is 0.381. The highest BCUT2D eigenvalue weighted by atomic mass is 19.1. The number of carbonyl (C=O) groups is 1. The molecule has 0 radical (unpaired) electrons. The summed E-state index contributed by atoms with van der Waals surface area (Å²) in [6, 6.07) is 13.2. The van der Waals surface area contributed by atoms with Crippen LogP contribution < -0.4 is 9.47 Å². The zero-order valence-corrected chi connectivity index (χ0v) is 15.1. The van der Waals surface area contributed by atoms with Crippen LogP contribution in [0.1, 0.15) is 30.9 Å². The lowest BCUT2D eigenvalue weighted by Gasteiger charge is -2.20. The molecule has 2 aromatic carbocycles. The molecule has 0 aromatic heterocycles. The number of aliphatic carboxylic acids is 1. The number of hydrogen-bond acceptors (Lipinski definition) is 4. The van der Waals surface area contributed by atoms with Gasteiger partial charge in [-0.05, 0) is 60.7 Å². The summed E-state index contributed by atoms with van der Waals surface area (Å²) >= 11 is 0. The van der Waals surface area contributed by atoms with Crippen LogP contribution in [0.4, 0.5) is 4.39 Å². The number of benzene rings is 2. The first kappa shape index (κ1) is 19.2. The van der Waals surface area contributed by atoms with Crippen LogP contribution in [0.5, 0.6) is 11.5 Å². The van der Waals surface area contributed by atoms with E-state index in [1.165, 1.54) is 19.2 Å². The van der Waals surface area contributed by atoms with Crippen molar-refractivity contribution >= 4 is 5.97 Å². The molecule has 5 nitrogen and oxygen atoms in total. The van der Waals surface area contributed by atoms with Crippen LogP contribution in [0.25, 0.3) is 0 Å². The van der Waals surface area contributed by atoms with E-state index < -0.39 is 12.1 Å². The maximum atomic E-state index is 13.0. The van der Waals surface area contributed by atoms with Gasteiger partial charge < -0.3 is 19.3 Å². The Bertz CT molecular complexity index is 740. The Morgan fingerprint density at radius 2 is 1.74 bits per heavy atom. The van der Waals surface area contributed by atoms with Crippen molar-refractivity contribution < 1.29 is 28.5 Å². The number of hydrogen-bond donors (Lipinski definition) is 1. The normalized spacial score (nSPS) is 15.8. The highest BCUT2D eigenvalue weighted by Crippen LogP contribution is 2.35. The largest absolute Gasteiger partial charge is 0.490 e. The molecule has 0 saturated heterocycles. The molecule has 27 heavy (non-hydrogen) atoms. The van der Waals surface area contributed by atoms with E-state index in [1.54, 1.807) is 12.1 Å². The number of ether oxygens (including phenoxy) is 3. The zero-order chi connectivity index (χ0) is 19.2. The summed E-state index contributed by atoms with van der Waals surface area (Å²) in [6.07, 6.45) is 1.53. The van der Waals surface area contributed by atoms with E-state index in [4.69, 9.17) is 19.3 Å². The summed E-state index contributed by atoms with van der Waals surface area (Å²) in [5, 5.41) is 8.95. The Kier molecular flexibility index (Phi) is 6.29. The SMILES string of the molecule is COC(CC(=O)O)c1ccc(OC(COc2ccc(F)cc2)C2CC2)cc1. The highest BCUT2D eigenvalue weighted by molar-refractivity contribution is 5.67. The second-order valence-corrected chi connectivity index (χ2v) is 6.65. The van der Waals surface area contributed by atoms with E-state index >= 15 is 0 Å². The van der Waals surface area contributed by atoms with Gasteiger partial charge in [-0.1, -0.05) is 12.1 Å². The fourth-order valence-corrected chi connectivity index (χ4v) is 2.88. The van der Waals surface area contributed by atoms with Crippen molar-refractivity contribution in [2.45, 2.75) is 31.5 Å². The van der Waals surface area contributed by atoms with Crippen LogP contribution in [-0.2, 0) is 9.53 Å². The Morgan fingerprint density at radius 3 is 2.30 bits per heavy atom. The fourth-order valence-electron chi connectivity index (χ4n) is 2.88. The maximum Gasteiger partial charge on any atom is 0.306 e. The molecule has 1 aliphatic rings. The van der Waals surface area contributed by atoms with Gasteiger partial charge in [0.1, 0.15) is 30.0 Å². The summed E-state index contributed by atoms with van der Waals surface area (Å²) in [4.78, 5) is 10.9. The van der Waals surface area contributed by atoms with Crippen LogP contribution in [-0.4, -0.2) is 30.9 Å². The lowest BCUT2D eigenvalue weighted by Crippen LogP contribution is -2.27. The van der Waals surface area contributed by atoms with E-state index in [9.17, 15) is 9.18 Å². The Hall–Kier alpha value is -2.60. The third-order valence-corrected chi connectivity index (χ3v) is 4.56. The van der Waals surface area contributed by atoms with Crippen molar-refractivity contribution in [3.63, 3.8) is 0 Å². The second-order valence-electron chi connectivity index (χ2n) is 6.65. The van der Waals surface area contributed by atoms with Crippen LogP contribution >= 0.6 is 0 Å². The standard InChI is InChI=1S/C21H23FO5/c1-25-19(12-21(23)24)14-4-8-18(9-5-14)27-20(15-2-3-15)13-26-17-10-6-16(22)7-11-17/h4-11,15,19-20H,2-3,12-13H2,1H3,(H,23,24). The van der Waals surface area contributed by atoms with Crippen LogP contribution in [0, 0.1) is 11.7 Å². The van der Waals surface area contributed by atoms with Gasteiger partial charge in [0.05, 0.1) is 12.5 Å². The quantitative estimate of drug-likeness (QED) is 0.674. The van der Waals surface area contributed by atoms with Gasteiger partial charge in [-0.25, -0.2) is 4.39 Å². The molecule has 0 bridgehead atoms. The minimum atomic E-state index is -0.908. The molecule has 2 atom stereocenters. The van der Waals surface area contributed by atoms with Crippen molar-refractivity contribution in [1.29, 1.82) is 0 Å². The maximum absolute atomic E-state index is 13.0. The summed E-state index contributed by atoms with van der Waals surface area (Å²) in [6.45, 7) is 0.387. The average molecular weight is 374 g/mol. The molecule has 6 heteroatoms. The van der Waals surface area contributed by atoms with Crippen molar-refractivity contribution in [3.05, 3.63) is 59.9 Å². The van der Waals surface area contributed by atoms with E-state index in [1.807, 2.05) is 24.3 Å². The van der Waals surface area contributed by atoms with Gasteiger partial charge in [-0.3, -0.25) is 4.79 Å². The first-order valence-electron chi connectivity index (χ1n) is 8.94. The lowest BCUT2D eigenvalue weighted by atomic mass is 10.1. The molecular weight excluding hydrogens is 351 g/mol. The Balaban J connectivity index is 1.59. The molecule has 1 saturated carbocycles. The number of carboxylic acids is 1. The van der Waals surface area contributed by atoms with Gasteiger partial charge in [0, 0.05) is 7.11 Å². The van der Waals surface area contributed by atoms with Crippen LogP contribution in [0.15, 0.2) is 48.5 Å². The van der Waals surface area contributed by atoms with Crippen molar-refractivity contribution in [2.24, 2.45) is 5.92 Å². The summed E-state index contributed by atoms with van der Waals surface area (Å²) in [5.74, 6) is 0.550. The van der Waals surface area contributed by atoms with Crippen molar-refractivity contribution in [3.8, 4) is 11.5 Å². The first-order valence-corrected chi connectivity index (χ1v) is 8.94. The number of methoxy groups -OCH3 is 1. The molecule has 144 valence electrons. The smallest absolute Gasteiger partial charge is 0.306 e. The molecule has 1 aliphatic carbocycles. The highest BCUT2D eigenvalue weighted by Gasteiger charge is 2.33. The molecule has 3 rings (SSSR count). The van der Waals surface area contributed by atoms with Gasteiger partial charge in [0.15, 0.2) is 0 Å². The van der Waals surface area contributed by atoms with Gasteiger partial charge in [0.2, 0.25) is 0 Å². The summed E-state index contributed by atoms with van der Waals surface area (Å²) in [5.41, 5.74) is 0.790. The topological polar surface area (TPSA) is 65.0 Å². The zero-order valence-electron chi connectivity index (χ0n) is 15.1. The summed E-state index contributed by atoms with van der Waals surface area (Å²) in [7, 11) is 1.49. The molecule has 0 heterocycles. The molecule has 1 fully saturated rings. The van der Waals surface area contributed by atoms with E-state index in [-0.39, 0.29) is 18.3 Å². The van der Waals surface area contributed by atoms with Gasteiger partial charge in [0.25, 0.3) is 0 Å². The van der Waals surface area contributed by atoms with Crippen molar-refractivity contribution in [2.75, 3.05) is 13.7 Å². The molecule has 1 N–H and O–H groups in total. The lowest BCUT2D eigenvalue weighted by molar-refractivity contribution is -0.139. The first-order chi connectivity index (χ1) is 13.0. The van der Waals surface area contributed by atoms with Gasteiger partial charge >= 0.3 is 5.97 Å². The van der Waals surface area contributed by atoms with Crippen molar-refractivity contribution in [1.82, 2.24) is 0 Å².